The molecule has 2 heterocycles. The van der Waals surface area contributed by atoms with Gasteiger partial charge in [0.15, 0.2) is 0 Å². The van der Waals surface area contributed by atoms with Gasteiger partial charge in [-0.1, -0.05) is 25.1 Å². The molecule has 4 heteroatoms. The first kappa shape index (κ1) is 16.1. The lowest BCUT2D eigenvalue weighted by Crippen LogP contribution is -2.44. The molecule has 2 aliphatic heterocycles. The number of benzene rings is 1. The largest absolute Gasteiger partial charge is 0.374 e. The van der Waals surface area contributed by atoms with Gasteiger partial charge in [-0.25, -0.2) is 0 Å². The Morgan fingerprint density at radius 2 is 2.33 bits per heavy atom. The molecule has 1 aromatic carbocycles. The van der Waals surface area contributed by atoms with E-state index in [1.807, 2.05) is 0 Å². The highest BCUT2D eigenvalue weighted by Gasteiger charge is 2.42. The molecule has 0 radical (unpaired) electrons. The van der Waals surface area contributed by atoms with Gasteiger partial charge in [0.1, 0.15) is 0 Å². The Hall–Kier alpha value is 0.220. The van der Waals surface area contributed by atoms with Crippen LogP contribution in [0.15, 0.2) is 24.3 Å². The van der Waals surface area contributed by atoms with Crippen molar-refractivity contribution in [2.45, 2.75) is 37.8 Å². The SMILES string of the molecule is CCNC(c1ccccc1I)C1CCOC2(CCSC2)C1. The van der Waals surface area contributed by atoms with Gasteiger partial charge in [0.2, 0.25) is 0 Å². The van der Waals surface area contributed by atoms with E-state index in [1.54, 1.807) is 0 Å². The Labute approximate surface area is 145 Å². The molecule has 0 saturated carbocycles. The third kappa shape index (κ3) is 3.59. The van der Waals surface area contributed by atoms with Crippen LogP contribution in [0.4, 0.5) is 0 Å². The molecule has 0 amide bonds. The molecule has 2 saturated heterocycles. The molecule has 2 fully saturated rings. The molecule has 3 atom stereocenters. The van der Waals surface area contributed by atoms with Crippen molar-refractivity contribution < 1.29 is 4.74 Å². The Balaban J connectivity index is 1.82. The average molecular weight is 417 g/mol. The minimum absolute atomic E-state index is 0.168. The van der Waals surface area contributed by atoms with Crippen LogP contribution in [0.1, 0.15) is 37.8 Å². The van der Waals surface area contributed by atoms with Crippen LogP contribution in [0.5, 0.6) is 0 Å². The molecule has 2 nitrogen and oxygen atoms in total. The lowest BCUT2D eigenvalue weighted by atomic mass is 9.79. The normalized spacial score (nSPS) is 30.7. The van der Waals surface area contributed by atoms with Gasteiger partial charge in [-0.3, -0.25) is 0 Å². The van der Waals surface area contributed by atoms with Crippen molar-refractivity contribution in [1.82, 2.24) is 5.32 Å². The predicted molar refractivity (Wildman–Crippen MR) is 98.9 cm³/mol. The van der Waals surface area contributed by atoms with Crippen LogP contribution in [0, 0.1) is 9.49 Å². The maximum absolute atomic E-state index is 6.20. The fourth-order valence-electron chi connectivity index (χ4n) is 3.69. The van der Waals surface area contributed by atoms with Gasteiger partial charge >= 0.3 is 0 Å². The van der Waals surface area contributed by atoms with Crippen LogP contribution in [0.25, 0.3) is 0 Å². The Bertz CT molecular complexity index is 476. The number of rotatable bonds is 4. The number of nitrogens with one attached hydrogen (secondary N) is 1. The first-order chi connectivity index (χ1) is 10.2. The second-order valence-electron chi connectivity index (χ2n) is 6.14. The van der Waals surface area contributed by atoms with E-state index in [0.29, 0.717) is 12.0 Å². The summed E-state index contributed by atoms with van der Waals surface area (Å²) in [7, 11) is 0. The molecule has 3 rings (SSSR count). The Kier molecular flexibility index (Phi) is 5.51. The van der Waals surface area contributed by atoms with Gasteiger partial charge in [0, 0.05) is 22.0 Å². The van der Waals surface area contributed by atoms with E-state index in [0.717, 1.165) is 13.2 Å². The molecule has 0 aromatic heterocycles. The quantitative estimate of drug-likeness (QED) is 0.741. The van der Waals surface area contributed by atoms with Crippen LogP contribution < -0.4 is 5.32 Å². The molecule has 1 spiro atoms. The van der Waals surface area contributed by atoms with Crippen molar-refractivity contribution in [1.29, 1.82) is 0 Å². The Morgan fingerprint density at radius 1 is 1.48 bits per heavy atom. The third-order valence-corrected chi connectivity index (χ3v) is 6.94. The first-order valence-electron chi connectivity index (χ1n) is 7.93. The van der Waals surface area contributed by atoms with E-state index < -0.39 is 0 Å². The highest BCUT2D eigenvalue weighted by Crippen LogP contribution is 2.44. The average Bonchev–Trinajstić information content (AvgIpc) is 2.93. The highest BCUT2D eigenvalue weighted by atomic mass is 127. The summed E-state index contributed by atoms with van der Waals surface area (Å²) >= 11 is 4.53. The number of halogens is 1. The molecule has 21 heavy (non-hydrogen) atoms. The first-order valence-corrected chi connectivity index (χ1v) is 10.2. The summed E-state index contributed by atoms with van der Waals surface area (Å²) < 4.78 is 7.58. The van der Waals surface area contributed by atoms with Gasteiger partial charge < -0.3 is 10.1 Å². The second kappa shape index (κ2) is 7.20. The van der Waals surface area contributed by atoms with E-state index in [-0.39, 0.29) is 5.60 Å². The number of hydrogen-bond donors (Lipinski definition) is 1. The summed E-state index contributed by atoms with van der Waals surface area (Å²) in [4.78, 5) is 0. The second-order valence-corrected chi connectivity index (χ2v) is 8.41. The van der Waals surface area contributed by atoms with Crippen LogP contribution in [0.2, 0.25) is 0 Å². The summed E-state index contributed by atoms with van der Waals surface area (Å²) in [6.07, 6.45) is 3.62. The van der Waals surface area contributed by atoms with Gasteiger partial charge in [-0.05, 0) is 71.7 Å². The lowest BCUT2D eigenvalue weighted by molar-refractivity contribution is -0.0853. The maximum atomic E-state index is 6.20. The number of thioether (sulfide) groups is 1. The maximum Gasteiger partial charge on any atom is 0.0783 e. The smallest absolute Gasteiger partial charge is 0.0783 e. The molecule has 1 aromatic rings. The third-order valence-electron chi connectivity index (χ3n) is 4.73. The molecular weight excluding hydrogens is 393 g/mol. The monoisotopic (exact) mass is 417 g/mol. The summed E-state index contributed by atoms with van der Waals surface area (Å²) in [5, 5.41) is 3.75. The zero-order valence-corrected chi connectivity index (χ0v) is 15.6. The molecule has 0 aliphatic carbocycles. The highest BCUT2D eigenvalue weighted by molar-refractivity contribution is 14.1. The minimum atomic E-state index is 0.168. The summed E-state index contributed by atoms with van der Waals surface area (Å²) in [5.74, 6) is 3.14. The molecule has 3 unspecified atom stereocenters. The molecule has 2 aliphatic rings. The molecule has 116 valence electrons. The van der Waals surface area contributed by atoms with Crippen molar-refractivity contribution in [2.24, 2.45) is 5.92 Å². The van der Waals surface area contributed by atoms with E-state index in [2.05, 4.69) is 70.9 Å². The summed E-state index contributed by atoms with van der Waals surface area (Å²) in [5.41, 5.74) is 1.63. The van der Waals surface area contributed by atoms with Crippen molar-refractivity contribution >= 4 is 34.4 Å². The van der Waals surface area contributed by atoms with Crippen molar-refractivity contribution in [3.63, 3.8) is 0 Å². The van der Waals surface area contributed by atoms with Crippen LogP contribution >= 0.6 is 34.4 Å². The van der Waals surface area contributed by atoms with Gasteiger partial charge in [-0.2, -0.15) is 11.8 Å². The zero-order valence-electron chi connectivity index (χ0n) is 12.6. The van der Waals surface area contributed by atoms with Crippen molar-refractivity contribution in [3.8, 4) is 0 Å². The van der Waals surface area contributed by atoms with Crippen LogP contribution in [0.3, 0.4) is 0 Å². The van der Waals surface area contributed by atoms with Crippen molar-refractivity contribution in [3.05, 3.63) is 33.4 Å². The van der Waals surface area contributed by atoms with E-state index in [4.69, 9.17) is 4.74 Å². The topological polar surface area (TPSA) is 21.3 Å². The van der Waals surface area contributed by atoms with E-state index >= 15 is 0 Å². The molecule has 0 bridgehead atoms. The summed E-state index contributed by atoms with van der Waals surface area (Å²) in [6, 6.07) is 9.28. The standard InChI is InChI=1S/C17H24INOS/c1-2-19-16(14-5-3-4-6-15(14)18)13-7-9-20-17(11-13)8-10-21-12-17/h3-6,13,16,19H,2,7-12H2,1H3. The van der Waals surface area contributed by atoms with Gasteiger partial charge in [0.05, 0.1) is 5.60 Å². The van der Waals surface area contributed by atoms with Crippen LogP contribution in [-0.4, -0.2) is 30.3 Å². The van der Waals surface area contributed by atoms with E-state index in [9.17, 15) is 0 Å². The van der Waals surface area contributed by atoms with Crippen molar-refractivity contribution in [2.75, 3.05) is 24.7 Å². The molecular formula is C17H24INOS. The number of hydrogen-bond acceptors (Lipinski definition) is 3. The minimum Gasteiger partial charge on any atom is -0.374 e. The van der Waals surface area contributed by atoms with Gasteiger partial charge in [-0.15, -0.1) is 0 Å². The van der Waals surface area contributed by atoms with Gasteiger partial charge in [0.25, 0.3) is 0 Å². The summed E-state index contributed by atoms with van der Waals surface area (Å²) in [6.45, 7) is 4.16. The predicted octanol–water partition coefficient (Wildman–Crippen LogP) is 4.24. The van der Waals surface area contributed by atoms with E-state index in [1.165, 1.54) is 39.9 Å². The zero-order chi connectivity index (χ0) is 14.7. The number of ether oxygens (including phenoxy) is 1. The fraction of sp³-hybridized carbons (Fsp3) is 0.647. The van der Waals surface area contributed by atoms with Crippen LogP contribution in [-0.2, 0) is 4.74 Å². The fourth-order valence-corrected chi connectivity index (χ4v) is 5.79. The lowest BCUT2D eigenvalue weighted by Gasteiger charge is -2.41. The molecule has 1 N–H and O–H groups in total. The Morgan fingerprint density at radius 3 is 3.05 bits per heavy atom.